The zero-order valence-electron chi connectivity index (χ0n) is 17.4. The first kappa shape index (κ1) is 21.0. The van der Waals surface area contributed by atoms with Gasteiger partial charge in [0.2, 0.25) is 11.8 Å². The van der Waals surface area contributed by atoms with Gasteiger partial charge in [0.1, 0.15) is 11.8 Å². The first-order chi connectivity index (χ1) is 15.5. The van der Waals surface area contributed by atoms with Crippen LogP contribution in [0.1, 0.15) is 25.8 Å². The molecule has 0 spiro atoms. The third kappa shape index (κ3) is 4.72. The summed E-state index contributed by atoms with van der Waals surface area (Å²) in [4.78, 5) is 37.5. The van der Waals surface area contributed by atoms with Crippen molar-refractivity contribution in [2.24, 2.45) is 5.10 Å². The molecule has 0 radical (unpaired) electrons. The Morgan fingerprint density at radius 3 is 2.44 bits per heavy atom. The molecular formula is C23H22N6O3. The van der Waals surface area contributed by atoms with Gasteiger partial charge in [0.25, 0.3) is 5.91 Å². The molecule has 1 unspecified atom stereocenters. The number of rotatable bonds is 6. The number of nitrogens with one attached hydrogen (secondary N) is 2. The number of para-hydroxylation sites is 1. The van der Waals surface area contributed by atoms with Crippen molar-refractivity contribution in [2.45, 2.75) is 25.8 Å². The third-order valence-corrected chi connectivity index (χ3v) is 4.98. The molecule has 0 saturated heterocycles. The summed E-state index contributed by atoms with van der Waals surface area (Å²) in [6.45, 7) is 1.75. The molecule has 2 heterocycles. The smallest absolute Gasteiger partial charge is 0.271 e. The SMILES string of the molecule is CC(C(=O)Nc1cccc(NC(=O)C2=NN(c3ccccc3)C(=O)CC2)c1)n1cccn1. The zero-order chi connectivity index (χ0) is 22.5. The molecule has 3 amide bonds. The van der Waals surface area contributed by atoms with Crippen molar-refractivity contribution >= 4 is 40.5 Å². The summed E-state index contributed by atoms with van der Waals surface area (Å²) in [5.41, 5.74) is 1.91. The number of hydrogen-bond donors (Lipinski definition) is 2. The molecule has 0 aliphatic carbocycles. The molecule has 2 aromatic carbocycles. The van der Waals surface area contributed by atoms with Crippen LogP contribution >= 0.6 is 0 Å². The Labute approximate surface area is 184 Å². The quantitative estimate of drug-likeness (QED) is 0.626. The van der Waals surface area contributed by atoms with Crippen molar-refractivity contribution in [1.82, 2.24) is 9.78 Å². The standard InChI is InChI=1S/C23H22N6O3/c1-16(28-14-6-13-24-28)22(31)25-17-7-5-8-18(15-17)26-23(32)20-11-12-21(30)29(27-20)19-9-3-2-4-10-19/h2-10,13-16H,11-12H2,1H3,(H,25,31)(H,26,32). The summed E-state index contributed by atoms with van der Waals surface area (Å²) in [5.74, 6) is -0.790. The summed E-state index contributed by atoms with van der Waals surface area (Å²) in [6, 6.07) is 17.1. The highest BCUT2D eigenvalue weighted by atomic mass is 16.2. The van der Waals surface area contributed by atoms with Crippen LogP contribution in [-0.2, 0) is 14.4 Å². The Morgan fingerprint density at radius 1 is 0.969 bits per heavy atom. The molecule has 3 aromatic rings. The minimum Gasteiger partial charge on any atom is -0.324 e. The predicted octanol–water partition coefficient (Wildman–Crippen LogP) is 3.20. The van der Waals surface area contributed by atoms with E-state index >= 15 is 0 Å². The summed E-state index contributed by atoms with van der Waals surface area (Å²) in [7, 11) is 0. The molecule has 1 aliphatic rings. The van der Waals surface area contributed by atoms with Gasteiger partial charge in [-0.15, -0.1) is 0 Å². The summed E-state index contributed by atoms with van der Waals surface area (Å²) in [5, 5.41) is 15.2. The van der Waals surface area contributed by atoms with Crippen LogP contribution in [0.25, 0.3) is 0 Å². The Kier molecular flexibility index (Phi) is 6.07. The van der Waals surface area contributed by atoms with Gasteiger partial charge in [-0.2, -0.15) is 10.2 Å². The van der Waals surface area contributed by atoms with Crippen LogP contribution in [-0.4, -0.2) is 33.2 Å². The number of amides is 3. The molecule has 4 rings (SSSR count). The first-order valence-electron chi connectivity index (χ1n) is 10.2. The molecule has 1 aliphatic heterocycles. The number of anilines is 3. The molecule has 162 valence electrons. The molecule has 1 atom stereocenters. The lowest BCUT2D eigenvalue weighted by Gasteiger charge is -2.23. The topological polar surface area (TPSA) is 109 Å². The van der Waals surface area contributed by atoms with E-state index in [1.807, 2.05) is 6.07 Å². The highest BCUT2D eigenvalue weighted by Crippen LogP contribution is 2.21. The number of hydrazone groups is 1. The average Bonchev–Trinajstić information content (AvgIpc) is 3.34. The largest absolute Gasteiger partial charge is 0.324 e. The fraction of sp³-hybridized carbons (Fsp3) is 0.174. The molecule has 9 heteroatoms. The van der Waals surface area contributed by atoms with E-state index < -0.39 is 11.9 Å². The van der Waals surface area contributed by atoms with Crippen molar-refractivity contribution in [3.8, 4) is 0 Å². The zero-order valence-corrected chi connectivity index (χ0v) is 17.4. The van der Waals surface area contributed by atoms with Crippen LogP contribution < -0.4 is 15.6 Å². The second-order valence-corrected chi connectivity index (χ2v) is 7.27. The highest BCUT2D eigenvalue weighted by Gasteiger charge is 2.25. The lowest BCUT2D eigenvalue weighted by Crippen LogP contribution is -2.36. The van der Waals surface area contributed by atoms with E-state index in [1.54, 1.807) is 78.6 Å². The van der Waals surface area contributed by atoms with Gasteiger partial charge in [0.05, 0.1) is 5.69 Å². The lowest BCUT2D eigenvalue weighted by molar-refractivity contribution is -0.119. The van der Waals surface area contributed by atoms with Gasteiger partial charge in [-0.3, -0.25) is 19.1 Å². The van der Waals surface area contributed by atoms with Crippen LogP contribution in [0, 0.1) is 0 Å². The predicted molar refractivity (Wildman–Crippen MR) is 121 cm³/mol. The van der Waals surface area contributed by atoms with E-state index in [0.717, 1.165) is 0 Å². The molecule has 32 heavy (non-hydrogen) atoms. The number of nitrogens with zero attached hydrogens (tertiary/aromatic N) is 4. The van der Waals surface area contributed by atoms with Gasteiger partial charge in [0.15, 0.2) is 0 Å². The van der Waals surface area contributed by atoms with Gasteiger partial charge in [-0.25, -0.2) is 5.01 Å². The van der Waals surface area contributed by atoms with Crippen LogP contribution in [0.2, 0.25) is 0 Å². The number of hydrogen-bond acceptors (Lipinski definition) is 5. The van der Waals surface area contributed by atoms with E-state index in [1.165, 1.54) is 5.01 Å². The number of carbonyl (C=O) groups excluding carboxylic acids is 3. The first-order valence-corrected chi connectivity index (χ1v) is 10.2. The van der Waals surface area contributed by atoms with Gasteiger partial charge < -0.3 is 10.6 Å². The third-order valence-electron chi connectivity index (χ3n) is 4.98. The normalized spacial score (nSPS) is 14.5. The van der Waals surface area contributed by atoms with Gasteiger partial charge in [-0.1, -0.05) is 24.3 Å². The summed E-state index contributed by atoms with van der Waals surface area (Å²) < 4.78 is 1.56. The maximum Gasteiger partial charge on any atom is 0.271 e. The summed E-state index contributed by atoms with van der Waals surface area (Å²) >= 11 is 0. The second kappa shape index (κ2) is 9.25. The maximum atomic E-state index is 12.8. The monoisotopic (exact) mass is 430 g/mol. The molecular weight excluding hydrogens is 408 g/mol. The second-order valence-electron chi connectivity index (χ2n) is 7.27. The Balaban J connectivity index is 1.44. The maximum absolute atomic E-state index is 12.8. The Hall–Kier alpha value is -4.27. The molecule has 0 saturated carbocycles. The molecule has 1 aromatic heterocycles. The molecule has 0 fully saturated rings. The lowest BCUT2D eigenvalue weighted by atomic mass is 10.1. The molecule has 0 bridgehead atoms. The minimum absolute atomic E-state index is 0.163. The van der Waals surface area contributed by atoms with Gasteiger partial charge >= 0.3 is 0 Å². The van der Waals surface area contributed by atoms with Crippen LogP contribution in [0.4, 0.5) is 17.1 Å². The molecule has 2 N–H and O–H groups in total. The van der Waals surface area contributed by atoms with Crippen molar-refractivity contribution in [1.29, 1.82) is 0 Å². The van der Waals surface area contributed by atoms with E-state index in [0.29, 0.717) is 17.1 Å². The van der Waals surface area contributed by atoms with E-state index in [4.69, 9.17) is 0 Å². The minimum atomic E-state index is -0.485. The Morgan fingerprint density at radius 2 is 1.72 bits per heavy atom. The van der Waals surface area contributed by atoms with Crippen LogP contribution in [0.15, 0.2) is 78.2 Å². The van der Waals surface area contributed by atoms with E-state index in [-0.39, 0.29) is 30.4 Å². The van der Waals surface area contributed by atoms with E-state index in [2.05, 4.69) is 20.8 Å². The van der Waals surface area contributed by atoms with E-state index in [9.17, 15) is 14.4 Å². The average molecular weight is 430 g/mol. The fourth-order valence-electron chi connectivity index (χ4n) is 3.24. The van der Waals surface area contributed by atoms with Crippen molar-refractivity contribution in [2.75, 3.05) is 15.6 Å². The number of aromatic nitrogens is 2. The highest BCUT2D eigenvalue weighted by molar-refractivity contribution is 6.44. The molecule has 9 nitrogen and oxygen atoms in total. The fourth-order valence-corrected chi connectivity index (χ4v) is 3.24. The van der Waals surface area contributed by atoms with Crippen molar-refractivity contribution < 1.29 is 14.4 Å². The van der Waals surface area contributed by atoms with Crippen LogP contribution in [0.3, 0.4) is 0 Å². The van der Waals surface area contributed by atoms with Gasteiger partial charge in [0, 0.05) is 36.6 Å². The Bertz CT molecular complexity index is 1160. The number of benzene rings is 2. The number of carbonyl (C=O) groups is 3. The van der Waals surface area contributed by atoms with Crippen molar-refractivity contribution in [3.05, 3.63) is 73.1 Å². The van der Waals surface area contributed by atoms with Crippen molar-refractivity contribution in [3.63, 3.8) is 0 Å². The van der Waals surface area contributed by atoms with Crippen LogP contribution in [0.5, 0.6) is 0 Å². The van der Waals surface area contributed by atoms with Gasteiger partial charge in [-0.05, 0) is 43.3 Å². The summed E-state index contributed by atoms with van der Waals surface area (Å²) in [6.07, 6.45) is 3.78.